The molecule has 0 saturated heterocycles. The second-order valence-electron chi connectivity index (χ2n) is 6.36. The van der Waals surface area contributed by atoms with Crippen molar-refractivity contribution >= 4 is 49.4 Å². The summed E-state index contributed by atoms with van der Waals surface area (Å²) >= 11 is 5.12. The molecular formula is C22H17BrN2OS. The Balaban J connectivity index is 1.60. The number of nitrogens with zero attached hydrogens (tertiary/aromatic N) is 2. The van der Waals surface area contributed by atoms with E-state index in [1.807, 2.05) is 62.4 Å². The molecule has 0 aliphatic carbocycles. The molecule has 5 heteroatoms. The van der Waals surface area contributed by atoms with Crippen LogP contribution in [-0.2, 0) is 0 Å². The predicted molar refractivity (Wildman–Crippen MR) is 118 cm³/mol. The smallest absolute Gasteiger partial charge is 0.138 e. The normalized spacial score (nSPS) is 11.5. The molecule has 1 heterocycles. The summed E-state index contributed by atoms with van der Waals surface area (Å²) in [5.74, 6) is 0.216. The fourth-order valence-electron chi connectivity index (χ4n) is 2.82. The highest BCUT2D eigenvalue weighted by molar-refractivity contribution is 9.10. The lowest BCUT2D eigenvalue weighted by atomic mass is 10.1. The molecule has 4 aromatic rings. The van der Waals surface area contributed by atoms with E-state index in [9.17, 15) is 5.11 Å². The Morgan fingerprint density at radius 2 is 1.81 bits per heavy atom. The van der Waals surface area contributed by atoms with Gasteiger partial charge in [0.25, 0.3) is 0 Å². The van der Waals surface area contributed by atoms with Gasteiger partial charge in [0.05, 0.1) is 20.4 Å². The number of fused-ring (bicyclic) bond motifs is 1. The van der Waals surface area contributed by atoms with Crippen molar-refractivity contribution in [2.45, 2.75) is 13.8 Å². The molecule has 0 unspecified atom stereocenters. The van der Waals surface area contributed by atoms with Crippen LogP contribution in [0.5, 0.6) is 5.75 Å². The van der Waals surface area contributed by atoms with E-state index in [0.29, 0.717) is 5.56 Å². The average molecular weight is 437 g/mol. The second-order valence-corrected chi connectivity index (χ2v) is 8.19. The molecule has 0 aliphatic rings. The molecule has 3 nitrogen and oxygen atoms in total. The minimum Gasteiger partial charge on any atom is -0.506 e. The molecular weight excluding hydrogens is 420 g/mol. The number of benzene rings is 3. The molecule has 0 saturated carbocycles. The monoisotopic (exact) mass is 436 g/mol. The Morgan fingerprint density at radius 1 is 1.07 bits per heavy atom. The minimum atomic E-state index is 0.216. The van der Waals surface area contributed by atoms with Crippen molar-refractivity contribution in [1.29, 1.82) is 0 Å². The topological polar surface area (TPSA) is 45.5 Å². The summed E-state index contributed by atoms with van der Waals surface area (Å²) in [6, 6.07) is 18.1. The van der Waals surface area contributed by atoms with Gasteiger partial charge in [0.1, 0.15) is 10.8 Å². The van der Waals surface area contributed by atoms with E-state index in [2.05, 4.69) is 32.0 Å². The lowest BCUT2D eigenvalue weighted by Gasteiger charge is -2.08. The van der Waals surface area contributed by atoms with Crippen LogP contribution >= 0.6 is 27.3 Å². The van der Waals surface area contributed by atoms with Crippen LogP contribution in [-0.4, -0.2) is 16.3 Å². The zero-order valence-electron chi connectivity index (χ0n) is 14.9. The number of aromatic nitrogens is 1. The Morgan fingerprint density at radius 3 is 2.56 bits per heavy atom. The van der Waals surface area contributed by atoms with E-state index in [0.717, 1.165) is 37.4 Å². The fourth-order valence-corrected chi connectivity index (χ4v) is 4.33. The number of aliphatic imine (C=N–C) groups is 1. The van der Waals surface area contributed by atoms with E-state index in [1.165, 1.54) is 4.70 Å². The van der Waals surface area contributed by atoms with Gasteiger partial charge in [0.15, 0.2) is 0 Å². The van der Waals surface area contributed by atoms with Crippen molar-refractivity contribution in [3.63, 3.8) is 0 Å². The van der Waals surface area contributed by atoms with Crippen LogP contribution < -0.4 is 0 Å². The third-order valence-corrected chi connectivity index (χ3v) is 6.59. The van der Waals surface area contributed by atoms with Gasteiger partial charge in [0, 0.05) is 17.3 Å². The van der Waals surface area contributed by atoms with Crippen LogP contribution in [0.1, 0.15) is 16.7 Å². The zero-order chi connectivity index (χ0) is 19.0. The van der Waals surface area contributed by atoms with Crippen molar-refractivity contribution in [2.24, 2.45) is 4.99 Å². The molecule has 0 fully saturated rings. The van der Waals surface area contributed by atoms with E-state index >= 15 is 0 Å². The molecule has 1 aromatic heterocycles. The number of aromatic hydroxyl groups is 1. The van der Waals surface area contributed by atoms with Crippen LogP contribution in [0, 0.1) is 13.8 Å². The number of phenols is 1. The summed E-state index contributed by atoms with van der Waals surface area (Å²) in [5, 5.41) is 11.3. The van der Waals surface area contributed by atoms with Crippen molar-refractivity contribution in [2.75, 3.05) is 0 Å². The Bertz CT molecular complexity index is 1130. The van der Waals surface area contributed by atoms with Crippen LogP contribution in [0.4, 0.5) is 5.69 Å². The Kier molecular flexibility index (Phi) is 4.81. The molecule has 4 rings (SSSR count). The number of para-hydroxylation sites is 1. The number of phenolic OH excluding ortho intramolecular Hbond substituents is 1. The Labute approximate surface area is 170 Å². The highest BCUT2D eigenvalue weighted by atomic mass is 79.9. The first-order chi connectivity index (χ1) is 13.0. The number of thiazole rings is 1. The molecule has 0 amide bonds. The highest BCUT2D eigenvalue weighted by Gasteiger charge is 2.09. The first-order valence-corrected chi connectivity index (χ1v) is 10.1. The number of hydrogen-bond donors (Lipinski definition) is 1. The third kappa shape index (κ3) is 3.53. The zero-order valence-corrected chi connectivity index (χ0v) is 17.3. The first kappa shape index (κ1) is 17.9. The third-order valence-electron chi connectivity index (χ3n) is 4.53. The molecule has 3 aromatic carbocycles. The van der Waals surface area contributed by atoms with Crippen molar-refractivity contribution < 1.29 is 5.11 Å². The molecule has 0 bridgehead atoms. The van der Waals surface area contributed by atoms with Crippen LogP contribution in [0.3, 0.4) is 0 Å². The summed E-state index contributed by atoms with van der Waals surface area (Å²) in [6.45, 7) is 3.99. The van der Waals surface area contributed by atoms with Crippen molar-refractivity contribution in [3.8, 4) is 16.3 Å². The van der Waals surface area contributed by atoms with Gasteiger partial charge in [-0.05, 0) is 83.4 Å². The van der Waals surface area contributed by atoms with Gasteiger partial charge in [-0.1, -0.05) is 12.1 Å². The number of halogens is 1. The fraction of sp³-hybridized carbons (Fsp3) is 0.0909. The lowest BCUT2D eigenvalue weighted by Crippen LogP contribution is -1.90. The maximum absolute atomic E-state index is 10.3. The summed E-state index contributed by atoms with van der Waals surface area (Å²) in [7, 11) is 0. The number of rotatable bonds is 3. The average Bonchev–Trinajstić information content (AvgIpc) is 3.13. The SMILES string of the molecule is Cc1cc(C=Nc2ccc(-c3nc4ccccc4s3)cc2)c(O)c(Br)c1C. The van der Waals surface area contributed by atoms with Gasteiger partial charge in [0.2, 0.25) is 0 Å². The maximum Gasteiger partial charge on any atom is 0.138 e. The summed E-state index contributed by atoms with van der Waals surface area (Å²) < 4.78 is 1.90. The second kappa shape index (κ2) is 7.25. The maximum atomic E-state index is 10.3. The van der Waals surface area contributed by atoms with Crippen molar-refractivity contribution in [1.82, 2.24) is 4.98 Å². The molecule has 27 heavy (non-hydrogen) atoms. The van der Waals surface area contributed by atoms with E-state index in [-0.39, 0.29) is 5.75 Å². The first-order valence-electron chi connectivity index (χ1n) is 8.51. The van der Waals surface area contributed by atoms with Crippen molar-refractivity contribution in [3.05, 3.63) is 75.8 Å². The summed E-state index contributed by atoms with van der Waals surface area (Å²) in [5.41, 5.74) is 5.76. The largest absolute Gasteiger partial charge is 0.506 e. The standard InChI is InChI=1S/C22H17BrN2OS/c1-13-11-16(21(26)20(23)14(13)2)12-24-17-9-7-15(8-10-17)22-25-18-5-3-4-6-19(18)27-22/h3-12,26H,1-2H3. The van der Waals surface area contributed by atoms with E-state index in [1.54, 1.807) is 17.6 Å². The van der Waals surface area contributed by atoms with Gasteiger partial charge in [-0.3, -0.25) is 4.99 Å². The molecule has 0 spiro atoms. The molecule has 1 N–H and O–H groups in total. The molecule has 0 aliphatic heterocycles. The van der Waals surface area contributed by atoms with Crippen LogP contribution in [0.2, 0.25) is 0 Å². The van der Waals surface area contributed by atoms with Gasteiger partial charge >= 0.3 is 0 Å². The van der Waals surface area contributed by atoms with E-state index in [4.69, 9.17) is 0 Å². The minimum absolute atomic E-state index is 0.216. The molecule has 134 valence electrons. The summed E-state index contributed by atoms with van der Waals surface area (Å²) in [6.07, 6.45) is 1.69. The van der Waals surface area contributed by atoms with Gasteiger partial charge in [-0.25, -0.2) is 4.98 Å². The molecule has 0 atom stereocenters. The highest BCUT2D eigenvalue weighted by Crippen LogP contribution is 2.33. The van der Waals surface area contributed by atoms with Gasteiger partial charge in [-0.2, -0.15) is 0 Å². The summed E-state index contributed by atoms with van der Waals surface area (Å²) in [4.78, 5) is 9.19. The quantitative estimate of drug-likeness (QED) is 0.358. The van der Waals surface area contributed by atoms with Gasteiger partial charge < -0.3 is 5.11 Å². The number of hydrogen-bond acceptors (Lipinski definition) is 4. The van der Waals surface area contributed by atoms with E-state index < -0.39 is 0 Å². The van der Waals surface area contributed by atoms with Gasteiger partial charge in [-0.15, -0.1) is 11.3 Å². The van der Waals surface area contributed by atoms with Crippen LogP contribution in [0.25, 0.3) is 20.8 Å². The number of aryl methyl sites for hydroxylation is 1. The Hall–Kier alpha value is -2.50. The predicted octanol–water partition coefficient (Wildman–Crippen LogP) is 6.80. The molecule has 0 radical (unpaired) electrons. The van der Waals surface area contributed by atoms with Crippen LogP contribution in [0.15, 0.2) is 64.1 Å². The lowest BCUT2D eigenvalue weighted by molar-refractivity contribution is 0.470.